The number of halogens is 1. The van der Waals surface area contributed by atoms with Gasteiger partial charge in [-0.3, -0.25) is 0 Å². The summed E-state index contributed by atoms with van der Waals surface area (Å²) >= 11 is 5.28. The van der Waals surface area contributed by atoms with Gasteiger partial charge in [-0.05, 0) is 25.7 Å². The van der Waals surface area contributed by atoms with E-state index in [1.165, 1.54) is 32.1 Å². The van der Waals surface area contributed by atoms with Crippen LogP contribution < -0.4 is 5.32 Å². The first-order valence-electron chi connectivity index (χ1n) is 5.23. The Morgan fingerprint density at radius 2 is 2.14 bits per heavy atom. The third-order valence-corrected chi connectivity index (χ3v) is 3.00. The van der Waals surface area contributed by atoms with Gasteiger partial charge in [-0.1, -0.05) is 30.9 Å². The molecule has 3 nitrogen and oxygen atoms in total. The Bertz CT molecular complexity index is 181. The maximum absolute atomic E-state index is 11.1. The van der Waals surface area contributed by atoms with E-state index >= 15 is 0 Å². The summed E-state index contributed by atoms with van der Waals surface area (Å²) in [5, 5.41) is 2.80. The second-order valence-corrected chi connectivity index (χ2v) is 4.09. The lowest BCUT2D eigenvalue weighted by Gasteiger charge is -2.27. The average molecular weight is 220 g/mol. The number of carbonyl (C=O) groups excluding carboxylic acids is 1. The molecule has 4 heteroatoms. The molecule has 1 fully saturated rings. The smallest absolute Gasteiger partial charge is 0.408 e. The van der Waals surface area contributed by atoms with Gasteiger partial charge in [0, 0.05) is 6.04 Å². The van der Waals surface area contributed by atoms with Crippen molar-refractivity contribution >= 4 is 17.7 Å². The first-order chi connectivity index (χ1) is 6.74. The number of rotatable bonds is 3. The number of nitrogens with one attached hydrogen (secondary N) is 1. The van der Waals surface area contributed by atoms with Crippen molar-refractivity contribution in [1.82, 2.24) is 5.32 Å². The van der Waals surface area contributed by atoms with Gasteiger partial charge >= 0.3 is 6.09 Å². The number of alkyl halides is 1. The molecule has 82 valence electrons. The third-order valence-electron chi connectivity index (χ3n) is 2.89. The van der Waals surface area contributed by atoms with Gasteiger partial charge in [-0.25, -0.2) is 4.79 Å². The van der Waals surface area contributed by atoms with Crippen molar-refractivity contribution in [2.24, 2.45) is 5.92 Å². The van der Waals surface area contributed by atoms with Crippen LogP contribution in [0, 0.1) is 5.92 Å². The van der Waals surface area contributed by atoms with Crippen molar-refractivity contribution < 1.29 is 9.53 Å². The van der Waals surface area contributed by atoms with Crippen LogP contribution >= 0.6 is 11.6 Å². The predicted molar refractivity (Wildman–Crippen MR) is 56.4 cm³/mol. The lowest BCUT2D eigenvalue weighted by molar-refractivity contribution is 0.153. The Balaban J connectivity index is 2.25. The van der Waals surface area contributed by atoms with Crippen molar-refractivity contribution in [3.05, 3.63) is 0 Å². The highest BCUT2D eigenvalue weighted by molar-refractivity contribution is 6.17. The molecular weight excluding hydrogens is 202 g/mol. The van der Waals surface area contributed by atoms with Gasteiger partial charge in [0.2, 0.25) is 0 Å². The zero-order valence-corrected chi connectivity index (χ0v) is 9.35. The van der Waals surface area contributed by atoms with Crippen LogP contribution in [0.2, 0.25) is 0 Å². The van der Waals surface area contributed by atoms with E-state index in [2.05, 4.69) is 10.1 Å². The third kappa shape index (κ3) is 3.74. The highest BCUT2D eigenvalue weighted by Gasteiger charge is 2.21. The molecule has 0 aromatic carbocycles. The Hall–Kier alpha value is -0.440. The van der Waals surface area contributed by atoms with Crippen molar-refractivity contribution in [2.75, 3.05) is 6.07 Å². The Labute approximate surface area is 90.1 Å². The molecule has 1 aliphatic rings. The van der Waals surface area contributed by atoms with E-state index in [-0.39, 0.29) is 12.1 Å². The highest BCUT2D eigenvalue weighted by atomic mass is 35.5. The molecule has 1 rings (SSSR count). The molecule has 1 N–H and O–H groups in total. The Kier molecular flexibility index (Phi) is 5.09. The molecule has 0 aromatic heterocycles. The number of hydrogen-bond donors (Lipinski definition) is 1. The summed E-state index contributed by atoms with van der Waals surface area (Å²) in [6.07, 6.45) is 5.90. The van der Waals surface area contributed by atoms with E-state index < -0.39 is 6.09 Å². The molecule has 0 bridgehead atoms. The van der Waals surface area contributed by atoms with Crippen LogP contribution in [-0.2, 0) is 4.74 Å². The van der Waals surface area contributed by atoms with Crippen LogP contribution in [0.3, 0.4) is 0 Å². The van der Waals surface area contributed by atoms with Gasteiger partial charge in [0.1, 0.15) is 0 Å². The molecule has 0 aliphatic heterocycles. The molecule has 0 spiro atoms. The van der Waals surface area contributed by atoms with Crippen LogP contribution in [0.5, 0.6) is 0 Å². The summed E-state index contributed by atoms with van der Waals surface area (Å²) in [7, 11) is 0. The predicted octanol–water partition coefficient (Wildman–Crippen LogP) is 2.88. The van der Waals surface area contributed by atoms with Gasteiger partial charge in [0.25, 0.3) is 0 Å². The lowest BCUT2D eigenvalue weighted by Crippen LogP contribution is -2.39. The summed E-state index contributed by atoms with van der Waals surface area (Å²) in [4.78, 5) is 11.1. The molecule has 1 saturated carbocycles. The van der Waals surface area contributed by atoms with Crippen molar-refractivity contribution in [1.29, 1.82) is 0 Å². The second kappa shape index (κ2) is 6.12. The molecule has 14 heavy (non-hydrogen) atoms. The lowest BCUT2D eigenvalue weighted by atomic mass is 9.85. The Morgan fingerprint density at radius 3 is 2.71 bits per heavy atom. The topological polar surface area (TPSA) is 38.3 Å². The largest absolute Gasteiger partial charge is 0.433 e. The summed E-state index contributed by atoms with van der Waals surface area (Å²) < 4.78 is 4.62. The van der Waals surface area contributed by atoms with E-state index in [0.29, 0.717) is 5.92 Å². The van der Waals surface area contributed by atoms with E-state index in [9.17, 15) is 4.79 Å². The monoisotopic (exact) mass is 219 g/mol. The minimum absolute atomic E-state index is 0.0801. The molecule has 0 saturated heterocycles. The molecule has 1 amide bonds. The summed E-state index contributed by atoms with van der Waals surface area (Å²) in [6, 6.07) is 0.120. The van der Waals surface area contributed by atoms with Crippen molar-refractivity contribution in [2.45, 2.75) is 45.1 Å². The van der Waals surface area contributed by atoms with Gasteiger partial charge < -0.3 is 10.1 Å². The average Bonchev–Trinajstić information content (AvgIpc) is 2.19. The number of hydrogen-bond acceptors (Lipinski definition) is 2. The maximum atomic E-state index is 11.1. The van der Waals surface area contributed by atoms with Crippen molar-refractivity contribution in [3.8, 4) is 0 Å². The highest BCUT2D eigenvalue weighted by Crippen LogP contribution is 2.26. The number of carbonyl (C=O) groups is 1. The zero-order valence-electron chi connectivity index (χ0n) is 8.59. The molecule has 1 atom stereocenters. The minimum Gasteiger partial charge on any atom is -0.433 e. The van der Waals surface area contributed by atoms with Crippen LogP contribution in [0.15, 0.2) is 0 Å². The first kappa shape index (κ1) is 11.6. The molecule has 0 aromatic rings. The quantitative estimate of drug-likeness (QED) is 0.742. The van der Waals surface area contributed by atoms with Crippen molar-refractivity contribution in [3.63, 3.8) is 0 Å². The fourth-order valence-corrected chi connectivity index (χ4v) is 2.13. The van der Waals surface area contributed by atoms with Gasteiger partial charge in [-0.2, -0.15) is 0 Å². The summed E-state index contributed by atoms with van der Waals surface area (Å²) in [6.45, 7) is 2.03. The van der Waals surface area contributed by atoms with E-state index in [0.717, 1.165) is 0 Å². The SMILES string of the molecule is C[C@H](NC(=O)OCCl)C1CCCCC1. The van der Waals surface area contributed by atoms with Gasteiger partial charge in [0.05, 0.1) is 0 Å². The molecule has 0 radical (unpaired) electrons. The molecular formula is C10H18ClNO2. The zero-order chi connectivity index (χ0) is 10.4. The van der Waals surface area contributed by atoms with Gasteiger partial charge in [0.15, 0.2) is 6.07 Å². The molecule has 0 heterocycles. The normalized spacial score (nSPS) is 20.1. The standard InChI is InChI=1S/C10H18ClNO2/c1-8(12-10(13)14-7-11)9-5-3-2-4-6-9/h8-9H,2-7H2,1H3,(H,12,13)/t8-/m0/s1. The van der Waals surface area contributed by atoms with Crippen LogP contribution in [0.1, 0.15) is 39.0 Å². The number of amides is 1. The van der Waals surface area contributed by atoms with Crippen LogP contribution in [0.25, 0.3) is 0 Å². The number of ether oxygens (including phenoxy) is 1. The molecule has 0 unspecified atom stereocenters. The van der Waals surface area contributed by atoms with E-state index in [1.807, 2.05) is 6.92 Å². The number of alkyl carbamates (subject to hydrolysis) is 1. The fourth-order valence-electron chi connectivity index (χ4n) is 2.03. The summed E-state index contributed by atoms with van der Waals surface area (Å²) in [5.74, 6) is 0.603. The van der Waals surface area contributed by atoms with Crippen LogP contribution in [0.4, 0.5) is 4.79 Å². The Morgan fingerprint density at radius 1 is 1.50 bits per heavy atom. The second-order valence-electron chi connectivity index (χ2n) is 3.87. The minimum atomic E-state index is -0.405. The van der Waals surface area contributed by atoms with Gasteiger partial charge in [-0.15, -0.1) is 0 Å². The molecule has 1 aliphatic carbocycles. The van der Waals surface area contributed by atoms with E-state index in [1.54, 1.807) is 0 Å². The summed E-state index contributed by atoms with van der Waals surface area (Å²) in [5.41, 5.74) is 0. The first-order valence-corrected chi connectivity index (χ1v) is 5.76. The fraction of sp³-hybridized carbons (Fsp3) is 0.900. The van der Waals surface area contributed by atoms with Crippen LogP contribution in [-0.4, -0.2) is 18.2 Å². The van der Waals surface area contributed by atoms with E-state index in [4.69, 9.17) is 11.6 Å². The maximum Gasteiger partial charge on any atom is 0.408 e.